The van der Waals surface area contributed by atoms with Crippen molar-refractivity contribution in [1.29, 1.82) is 0 Å². The lowest BCUT2D eigenvalue weighted by Crippen LogP contribution is -2.16. The van der Waals surface area contributed by atoms with Gasteiger partial charge in [0, 0.05) is 12.8 Å². The Labute approximate surface area is 166 Å². The Hall–Kier alpha value is -1.58. The van der Waals surface area contributed by atoms with E-state index in [2.05, 4.69) is 32.1 Å². The first-order chi connectivity index (χ1) is 13.1. The van der Waals surface area contributed by atoms with Crippen LogP contribution in [0.2, 0.25) is 0 Å². The second-order valence-corrected chi connectivity index (χ2v) is 7.11. The summed E-state index contributed by atoms with van der Waals surface area (Å²) < 4.78 is 5.61. The van der Waals surface area contributed by atoms with Gasteiger partial charge in [0.1, 0.15) is 6.10 Å². The first kappa shape index (κ1) is 25.4. The minimum absolute atomic E-state index is 0.118. The summed E-state index contributed by atoms with van der Waals surface area (Å²) in [6, 6.07) is 0. The van der Waals surface area contributed by atoms with Gasteiger partial charge in [0.05, 0.1) is 0 Å². The minimum Gasteiger partial charge on any atom is -0.481 e. The molecule has 0 amide bonds. The van der Waals surface area contributed by atoms with E-state index in [9.17, 15) is 9.59 Å². The van der Waals surface area contributed by atoms with Gasteiger partial charge in [-0.1, -0.05) is 64.2 Å². The van der Waals surface area contributed by atoms with Crippen LogP contribution in [0.3, 0.4) is 0 Å². The van der Waals surface area contributed by atoms with Gasteiger partial charge in [-0.25, -0.2) is 0 Å². The van der Waals surface area contributed by atoms with E-state index >= 15 is 0 Å². The van der Waals surface area contributed by atoms with E-state index in [-0.39, 0.29) is 18.5 Å². The quantitative estimate of drug-likeness (QED) is 0.165. The lowest BCUT2D eigenvalue weighted by Gasteiger charge is -2.14. The van der Waals surface area contributed by atoms with Crippen molar-refractivity contribution in [2.24, 2.45) is 0 Å². The zero-order valence-corrected chi connectivity index (χ0v) is 17.5. The summed E-state index contributed by atoms with van der Waals surface area (Å²) in [5, 5.41) is 8.66. The van der Waals surface area contributed by atoms with Crippen LogP contribution in [-0.4, -0.2) is 23.1 Å². The number of carbonyl (C=O) groups excluding carboxylic acids is 1. The third-order valence-electron chi connectivity index (χ3n) is 4.41. The van der Waals surface area contributed by atoms with E-state index in [1.54, 1.807) is 0 Å². The van der Waals surface area contributed by atoms with Crippen LogP contribution in [0, 0.1) is 0 Å². The van der Waals surface area contributed by atoms with Crippen molar-refractivity contribution < 1.29 is 19.4 Å². The van der Waals surface area contributed by atoms with Gasteiger partial charge in [0.25, 0.3) is 0 Å². The zero-order chi connectivity index (χ0) is 20.2. The van der Waals surface area contributed by atoms with Crippen molar-refractivity contribution in [3.63, 3.8) is 0 Å². The summed E-state index contributed by atoms with van der Waals surface area (Å²) in [6.45, 7) is 4.27. The molecule has 27 heavy (non-hydrogen) atoms. The highest BCUT2D eigenvalue weighted by atomic mass is 16.5. The summed E-state index contributed by atoms with van der Waals surface area (Å²) in [4.78, 5) is 22.4. The molecule has 1 N–H and O–H groups in total. The predicted octanol–water partition coefficient (Wildman–Crippen LogP) is 6.60. The van der Waals surface area contributed by atoms with Gasteiger partial charge in [-0.2, -0.15) is 0 Å². The SMILES string of the molecule is CCCCC/C=C\C/C=C\C(CCCCCCC(=O)O)OC(=O)CCCC. The summed E-state index contributed by atoms with van der Waals surface area (Å²) in [5.41, 5.74) is 0. The first-order valence-corrected chi connectivity index (χ1v) is 10.8. The highest BCUT2D eigenvalue weighted by molar-refractivity contribution is 5.69. The summed E-state index contributed by atoms with van der Waals surface area (Å²) >= 11 is 0. The molecular formula is C23H40O4. The van der Waals surface area contributed by atoms with Gasteiger partial charge in [0.2, 0.25) is 0 Å². The molecule has 0 saturated carbocycles. The number of esters is 1. The maximum atomic E-state index is 11.9. The minimum atomic E-state index is -0.733. The topological polar surface area (TPSA) is 63.6 Å². The molecule has 0 bridgehead atoms. The van der Waals surface area contributed by atoms with Crippen LogP contribution < -0.4 is 0 Å². The fraction of sp³-hybridized carbons (Fsp3) is 0.739. The Morgan fingerprint density at radius 2 is 1.59 bits per heavy atom. The Morgan fingerprint density at radius 3 is 2.30 bits per heavy atom. The molecule has 0 aliphatic rings. The lowest BCUT2D eigenvalue weighted by atomic mass is 10.1. The standard InChI is InChI=1S/C23H40O4/c1-3-5-7-8-9-10-11-14-17-21(27-23(26)20-6-4-2)18-15-12-13-16-19-22(24)25/h9-10,14,17,21H,3-8,11-13,15-16,18-20H2,1-2H3,(H,24,25)/b10-9-,17-14-. The van der Waals surface area contributed by atoms with Crippen LogP contribution in [0.5, 0.6) is 0 Å². The number of aliphatic carboxylic acids is 1. The van der Waals surface area contributed by atoms with Crippen LogP contribution >= 0.6 is 0 Å². The predicted molar refractivity (Wildman–Crippen MR) is 112 cm³/mol. The second-order valence-electron chi connectivity index (χ2n) is 7.11. The Morgan fingerprint density at radius 1 is 0.852 bits per heavy atom. The van der Waals surface area contributed by atoms with Gasteiger partial charge < -0.3 is 9.84 Å². The van der Waals surface area contributed by atoms with Crippen molar-refractivity contribution in [3.05, 3.63) is 24.3 Å². The van der Waals surface area contributed by atoms with Crippen molar-refractivity contribution >= 4 is 11.9 Å². The molecule has 0 heterocycles. The Kier molecular flexibility index (Phi) is 18.1. The van der Waals surface area contributed by atoms with Crippen LogP contribution in [-0.2, 0) is 14.3 Å². The van der Waals surface area contributed by atoms with E-state index in [1.165, 1.54) is 19.3 Å². The maximum Gasteiger partial charge on any atom is 0.306 e. The summed E-state index contributed by atoms with van der Waals surface area (Å²) in [6.07, 6.45) is 21.0. The molecule has 4 nitrogen and oxygen atoms in total. The fourth-order valence-corrected chi connectivity index (χ4v) is 2.75. The number of hydrogen-bond acceptors (Lipinski definition) is 3. The van der Waals surface area contributed by atoms with Gasteiger partial charge in [0.15, 0.2) is 0 Å². The molecule has 0 aromatic heterocycles. The molecule has 0 fully saturated rings. The highest BCUT2D eigenvalue weighted by Gasteiger charge is 2.11. The van der Waals surface area contributed by atoms with Crippen molar-refractivity contribution in [1.82, 2.24) is 0 Å². The van der Waals surface area contributed by atoms with Gasteiger partial charge in [-0.15, -0.1) is 0 Å². The van der Waals surface area contributed by atoms with Crippen LogP contribution in [0.4, 0.5) is 0 Å². The maximum absolute atomic E-state index is 11.9. The second kappa shape index (κ2) is 19.2. The normalized spacial score (nSPS) is 12.7. The summed E-state index contributed by atoms with van der Waals surface area (Å²) in [7, 11) is 0. The molecule has 4 heteroatoms. The number of hydrogen-bond donors (Lipinski definition) is 1. The van der Waals surface area contributed by atoms with Gasteiger partial charge in [-0.05, 0) is 51.0 Å². The van der Waals surface area contributed by atoms with Crippen LogP contribution in [0.1, 0.15) is 104 Å². The number of allylic oxidation sites excluding steroid dienone is 3. The molecule has 0 rings (SSSR count). The first-order valence-electron chi connectivity index (χ1n) is 10.8. The molecule has 0 spiro atoms. The van der Waals surface area contributed by atoms with Crippen molar-refractivity contribution in [2.75, 3.05) is 0 Å². The van der Waals surface area contributed by atoms with Crippen molar-refractivity contribution in [3.8, 4) is 0 Å². The monoisotopic (exact) mass is 380 g/mol. The molecule has 0 saturated heterocycles. The van der Waals surface area contributed by atoms with Crippen LogP contribution in [0.25, 0.3) is 0 Å². The van der Waals surface area contributed by atoms with Gasteiger partial charge in [-0.3, -0.25) is 9.59 Å². The molecule has 0 aliphatic carbocycles. The van der Waals surface area contributed by atoms with E-state index in [0.717, 1.165) is 57.8 Å². The number of unbranched alkanes of at least 4 members (excludes halogenated alkanes) is 7. The fourth-order valence-electron chi connectivity index (χ4n) is 2.75. The number of ether oxygens (including phenoxy) is 1. The zero-order valence-electron chi connectivity index (χ0n) is 17.5. The molecule has 1 unspecified atom stereocenters. The molecule has 0 aromatic carbocycles. The Balaban J connectivity index is 4.20. The molecule has 0 aromatic rings. The van der Waals surface area contributed by atoms with Gasteiger partial charge >= 0.3 is 11.9 Å². The summed E-state index contributed by atoms with van der Waals surface area (Å²) in [5.74, 6) is -0.851. The smallest absolute Gasteiger partial charge is 0.306 e. The van der Waals surface area contributed by atoms with E-state index in [0.29, 0.717) is 6.42 Å². The average Bonchev–Trinajstić information content (AvgIpc) is 2.64. The van der Waals surface area contributed by atoms with E-state index in [1.807, 2.05) is 6.08 Å². The third-order valence-corrected chi connectivity index (χ3v) is 4.41. The molecule has 156 valence electrons. The molecular weight excluding hydrogens is 340 g/mol. The molecule has 1 atom stereocenters. The average molecular weight is 381 g/mol. The Bertz CT molecular complexity index is 426. The van der Waals surface area contributed by atoms with Crippen LogP contribution in [0.15, 0.2) is 24.3 Å². The third kappa shape index (κ3) is 19.0. The van der Waals surface area contributed by atoms with Crippen molar-refractivity contribution in [2.45, 2.75) is 110 Å². The number of carboxylic acids is 1. The highest BCUT2D eigenvalue weighted by Crippen LogP contribution is 2.13. The number of carboxylic acid groups (broad SMARTS) is 1. The lowest BCUT2D eigenvalue weighted by molar-refractivity contribution is -0.147. The largest absolute Gasteiger partial charge is 0.481 e. The van der Waals surface area contributed by atoms with E-state index < -0.39 is 5.97 Å². The number of rotatable bonds is 18. The molecule has 0 aliphatic heterocycles. The number of carbonyl (C=O) groups is 2. The van der Waals surface area contributed by atoms with E-state index in [4.69, 9.17) is 9.84 Å². The molecule has 0 radical (unpaired) electrons.